The number of nitrogens with zero attached hydrogens (tertiary/aromatic N) is 2. The van der Waals surface area contributed by atoms with Gasteiger partial charge in [-0.2, -0.15) is 0 Å². The molecule has 0 radical (unpaired) electrons. The minimum atomic E-state index is -0.896. The molecular weight excluding hydrogens is 368 g/mol. The number of amides is 1. The zero-order chi connectivity index (χ0) is 20.7. The number of methoxy groups -OCH3 is 1. The third-order valence-electron chi connectivity index (χ3n) is 4.34. The number of nitro benzene ring substituents is 1. The molecule has 1 amide bonds. The molecule has 1 aliphatic rings. The highest BCUT2D eigenvalue weighted by Gasteiger charge is 2.30. The zero-order valence-electron chi connectivity index (χ0n) is 16.4. The SMILES string of the molecule is CCCN(CC1CC1)C(=O)C(C)OC(=O)COc1ccc([N+](=O)[O-])c(OC)c1. The van der Waals surface area contributed by atoms with Crippen LogP contribution < -0.4 is 9.47 Å². The number of carbonyl (C=O) groups is 2. The zero-order valence-corrected chi connectivity index (χ0v) is 16.4. The fraction of sp³-hybridized carbons (Fsp3) is 0.579. The van der Waals surface area contributed by atoms with Gasteiger partial charge < -0.3 is 19.1 Å². The molecule has 0 N–H and O–H groups in total. The van der Waals surface area contributed by atoms with Crippen molar-refractivity contribution in [3.8, 4) is 11.5 Å². The van der Waals surface area contributed by atoms with E-state index in [9.17, 15) is 19.7 Å². The lowest BCUT2D eigenvalue weighted by atomic mass is 10.2. The van der Waals surface area contributed by atoms with E-state index < -0.39 is 23.6 Å². The summed E-state index contributed by atoms with van der Waals surface area (Å²) >= 11 is 0. The highest BCUT2D eigenvalue weighted by atomic mass is 16.6. The van der Waals surface area contributed by atoms with E-state index in [4.69, 9.17) is 14.2 Å². The van der Waals surface area contributed by atoms with Gasteiger partial charge in [-0.15, -0.1) is 0 Å². The molecule has 1 aromatic rings. The predicted octanol–water partition coefficient (Wildman–Crippen LogP) is 2.56. The average molecular weight is 394 g/mol. The van der Waals surface area contributed by atoms with E-state index in [0.29, 0.717) is 19.0 Å². The summed E-state index contributed by atoms with van der Waals surface area (Å²) in [4.78, 5) is 36.6. The first-order valence-corrected chi connectivity index (χ1v) is 9.29. The molecule has 154 valence electrons. The number of esters is 1. The molecule has 0 bridgehead atoms. The third kappa shape index (κ3) is 6.11. The van der Waals surface area contributed by atoms with Crippen molar-refractivity contribution in [2.24, 2.45) is 5.92 Å². The number of nitro groups is 1. The van der Waals surface area contributed by atoms with Crippen LogP contribution in [0.15, 0.2) is 18.2 Å². The first kappa shape index (κ1) is 21.5. The van der Waals surface area contributed by atoms with Gasteiger partial charge in [0.05, 0.1) is 12.0 Å². The van der Waals surface area contributed by atoms with E-state index in [0.717, 1.165) is 19.3 Å². The van der Waals surface area contributed by atoms with Gasteiger partial charge in [-0.25, -0.2) is 4.79 Å². The number of ether oxygens (including phenoxy) is 3. The second-order valence-corrected chi connectivity index (χ2v) is 6.74. The maximum Gasteiger partial charge on any atom is 0.344 e. The largest absolute Gasteiger partial charge is 0.490 e. The molecule has 9 heteroatoms. The van der Waals surface area contributed by atoms with Gasteiger partial charge in [-0.1, -0.05) is 6.92 Å². The lowest BCUT2D eigenvalue weighted by Gasteiger charge is -2.25. The Morgan fingerprint density at radius 1 is 1.36 bits per heavy atom. The Morgan fingerprint density at radius 2 is 2.07 bits per heavy atom. The lowest BCUT2D eigenvalue weighted by Crippen LogP contribution is -2.42. The van der Waals surface area contributed by atoms with Gasteiger partial charge in [0.15, 0.2) is 12.7 Å². The highest BCUT2D eigenvalue weighted by molar-refractivity contribution is 5.83. The molecule has 1 aliphatic carbocycles. The van der Waals surface area contributed by atoms with E-state index >= 15 is 0 Å². The number of benzene rings is 1. The molecule has 0 heterocycles. The van der Waals surface area contributed by atoms with Crippen LogP contribution in [0.5, 0.6) is 11.5 Å². The topological polar surface area (TPSA) is 108 Å². The molecule has 9 nitrogen and oxygen atoms in total. The molecule has 28 heavy (non-hydrogen) atoms. The fourth-order valence-electron chi connectivity index (χ4n) is 2.75. The number of hydrogen-bond acceptors (Lipinski definition) is 7. The van der Waals surface area contributed by atoms with Crippen LogP contribution in [0.25, 0.3) is 0 Å². The van der Waals surface area contributed by atoms with Crippen LogP contribution in [-0.4, -0.2) is 54.6 Å². The second-order valence-electron chi connectivity index (χ2n) is 6.74. The Morgan fingerprint density at radius 3 is 2.64 bits per heavy atom. The smallest absolute Gasteiger partial charge is 0.344 e. The van der Waals surface area contributed by atoms with Crippen LogP contribution in [0, 0.1) is 16.0 Å². The monoisotopic (exact) mass is 394 g/mol. The summed E-state index contributed by atoms with van der Waals surface area (Å²) in [5.41, 5.74) is -0.205. The van der Waals surface area contributed by atoms with Crippen LogP contribution in [0.4, 0.5) is 5.69 Å². The lowest BCUT2D eigenvalue weighted by molar-refractivity contribution is -0.385. The number of hydrogen-bond donors (Lipinski definition) is 0. The van der Waals surface area contributed by atoms with E-state index in [1.165, 1.54) is 25.3 Å². The first-order chi connectivity index (χ1) is 13.3. The summed E-state index contributed by atoms with van der Waals surface area (Å²) in [5.74, 6) is -0.103. The average Bonchev–Trinajstić information content (AvgIpc) is 3.49. The quantitative estimate of drug-likeness (QED) is 0.322. The molecule has 0 aliphatic heterocycles. The summed E-state index contributed by atoms with van der Waals surface area (Å²) < 4.78 is 15.4. The summed E-state index contributed by atoms with van der Waals surface area (Å²) in [6.07, 6.45) is 2.21. The Kier molecular flexibility index (Phi) is 7.60. The van der Waals surface area contributed by atoms with Gasteiger partial charge in [0, 0.05) is 25.2 Å². The molecule has 0 saturated heterocycles. The van der Waals surface area contributed by atoms with E-state index in [1.807, 2.05) is 6.92 Å². The van der Waals surface area contributed by atoms with Crippen LogP contribution in [0.2, 0.25) is 0 Å². The number of rotatable bonds is 11. The molecule has 1 fully saturated rings. The Hall–Kier alpha value is -2.84. The summed E-state index contributed by atoms with van der Waals surface area (Å²) in [5, 5.41) is 10.9. The fourth-order valence-corrected chi connectivity index (χ4v) is 2.75. The van der Waals surface area contributed by atoms with Gasteiger partial charge in [-0.3, -0.25) is 14.9 Å². The maximum absolute atomic E-state index is 12.5. The summed E-state index contributed by atoms with van der Waals surface area (Å²) in [7, 11) is 1.30. The number of carbonyl (C=O) groups excluding carboxylic acids is 2. The Labute approximate surface area is 163 Å². The van der Waals surface area contributed by atoms with Gasteiger partial charge in [0.1, 0.15) is 5.75 Å². The molecule has 1 aromatic carbocycles. The molecule has 0 aromatic heterocycles. The third-order valence-corrected chi connectivity index (χ3v) is 4.34. The van der Waals surface area contributed by atoms with Crippen LogP contribution in [0.3, 0.4) is 0 Å². The second kappa shape index (κ2) is 9.91. The normalized spacial score (nSPS) is 14.1. The molecular formula is C19H26N2O7. The minimum Gasteiger partial charge on any atom is -0.490 e. The van der Waals surface area contributed by atoms with Gasteiger partial charge in [-0.05, 0) is 38.2 Å². The van der Waals surface area contributed by atoms with Crippen molar-refractivity contribution in [3.63, 3.8) is 0 Å². The van der Waals surface area contributed by atoms with Crippen molar-refractivity contribution < 1.29 is 28.7 Å². The Balaban J connectivity index is 1.87. The van der Waals surface area contributed by atoms with Crippen molar-refractivity contribution in [2.45, 2.75) is 39.2 Å². The van der Waals surface area contributed by atoms with Crippen LogP contribution in [-0.2, 0) is 14.3 Å². The van der Waals surface area contributed by atoms with Gasteiger partial charge in [0.25, 0.3) is 5.91 Å². The van der Waals surface area contributed by atoms with Gasteiger partial charge >= 0.3 is 11.7 Å². The minimum absolute atomic E-state index is 0.0229. The maximum atomic E-state index is 12.5. The highest BCUT2D eigenvalue weighted by Crippen LogP contribution is 2.31. The Bertz CT molecular complexity index is 718. The first-order valence-electron chi connectivity index (χ1n) is 9.29. The summed E-state index contributed by atoms with van der Waals surface area (Å²) in [6, 6.07) is 3.91. The van der Waals surface area contributed by atoms with Crippen molar-refractivity contribution >= 4 is 17.6 Å². The van der Waals surface area contributed by atoms with Crippen LogP contribution >= 0.6 is 0 Å². The van der Waals surface area contributed by atoms with E-state index in [2.05, 4.69) is 0 Å². The van der Waals surface area contributed by atoms with E-state index in [1.54, 1.807) is 11.8 Å². The standard InChI is InChI=1S/C19H26N2O7/c1-4-9-20(11-14-5-6-14)19(23)13(2)28-18(22)12-27-15-7-8-16(21(24)25)17(10-15)26-3/h7-8,10,13-14H,4-6,9,11-12H2,1-3H3. The van der Waals surface area contributed by atoms with Crippen molar-refractivity contribution in [3.05, 3.63) is 28.3 Å². The molecule has 1 atom stereocenters. The molecule has 2 rings (SSSR count). The molecule has 0 spiro atoms. The van der Waals surface area contributed by atoms with Crippen molar-refractivity contribution in [2.75, 3.05) is 26.8 Å². The van der Waals surface area contributed by atoms with Gasteiger partial charge in [0.2, 0.25) is 5.75 Å². The van der Waals surface area contributed by atoms with Crippen molar-refractivity contribution in [1.82, 2.24) is 4.90 Å². The van der Waals surface area contributed by atoms with Crippen molar-refractivity contribution in [1.29, 1.82) is 0 Å². The van der Waals surface area contributed by atoms with E-state index in [-0.39, 0.29) is 23.1 Å². The molecule has 1 unspecified atom stereocenters. The van der Waals surface area contributed by atoms with Crippen LogP contribution in [0.1, 0.15) is 33.1 Å². The molecule has 1 saturated carbocycles. The summed E-state index contributed by atoms with van der Waals surface area (Å²) in [6.45, 7) is 4.46. The predicted molar refractivity (Wildman–Crippen MR) is 100 cm³/mol.